The van der Waals surface area contributed by atoms with Crippen molar-refractivity contribution in [2.45, 2.75) is 58.9 Å². The predicted molar refractivity (Wildman–Crippen MR) is 142 cm³/mol. The first-order chi connectivity index (χ1) is 17.2. The van der Waals surface area contributed by atoms with E-state index in [1.807, 2.05) is 53.9 Å². The second-order valence-electron chi connectivity index (χ2n) is 10.8. The summed E-state index contributed by atoms with van der Waals surface area (Å²) in [6.07, 6.45) is 5.28. The zero-order valence-corrected chi connectivity index (χ0v) is 21.8. The molecule has 6 nitrogen and oxygen atoms in total. The highest BCUT2D eigenvalue weighted by Crippen LogP contribution is 2.24. The summed E-state index contributed by atoms with van der Waals surface area (Å²) in [4.78, 5) is 28.3. The number of rotatable bonds is 8. The number of hydrogen-bond donors (Lipinski definition) is 1. The number of amides is 1. The van der Waals surface area contributed by atoms with Gasteiger partial charge >= 0.3 is 0 Å². The van der Waals surface area contributed by atoms with Crippen LogP contribution in [-0.2, 0) is 12.8 Å². The Bertz CT molecular complexity index is 1290. The van der Waals surface area contributed by atoms with Gasteiger partial charge in [0.2, 0.25) is 5.78 Å². The third kappa shape index (κ3) is 5.68. The van der Waals surface area contributed by atoms with Gasteiger partial charge in [-0.2, -0.15) is 5.26 Å². The van der Waals surface area contributed by atoms with Gasteiger partial charge in [0.05, 0.1) is 17.7 Å². The van der Waals surface area contributed by atoms with Crippen molar-refractivity contribution < 1.29 is 9.59 Å². The summed E-state index contributed by atoms with van der Waals surface area (Å²) in [7, 11) is 0. The quantitative estimate of drug-likeness (QED) is 0.359. The number of benzene rings is 1. The van der Waals surface area contributed by atoms with Crippen LogP contribution in [0.4, 0.5) is 0 Å². The number of aromatic nitrogens is 1. The van der Waals surface area contributed by atoms with E-state index < -0.39 is 0 Å². The zero-order chi connectivity index (χ0) is 25.9. The molecule has 4 rings (SSSR count). The van der Waals surface area contributed by atoms with Crippen LogP contribution < -0.4 is 5.32 Å². The van der Waals surface area contributed by atoms with Gasteiger partial charge in [-0.25, -0.2) is 0 Å². The van der Waals surface area contributed by atoms with Gasteiger partial charge in [0.1, 0.15) is 0 Å². The molecule has 0 bridgehead atoms. The minimum absolute atomic E-state index is 0.0109. The number of fused-ring (bicyclic) bond motifs is 1. The lowest BCUT2D eigenvalue weighted by Gasteiger charge is -2.20. The smallest absolute Gasteiger partial charge is 0.254 e. The van der Waals surface area contributed by atoms with E-state index in [1.54, 1.807) is 11.0 Å². The molecule has 6 heteroatoms. The van der Waals surface area contributed by atoms with E-state index in [1.165, 1.54) is 5.56 Å². The van der Waals surface area contributed by atoms with Gasteiger partial charge in [-0.15, -0.1) is 0 Å². The number of ketones is 1. The van der Waals surface area contributed by atoms with E-state index in [-0.39, 0.29) is 23.1 Å². The summed E-state index contributed by atoms with van der Waals surface area (Å²) >= 11 is 0. The predicted octanol–water partition coefficient (Wildman–Crippen LogP) is 5.04. The van der Waals surface area contributed by atoms with Gasteiger partial charge in [0.15, 0.2) is 0 Å². The van der Waals surface area contributed by atoms with Gasteiger partial charge < -0.3 is 14.6 Å². The number of pyridine rings is 1. The van der Waals surface area contributed by atoms with E-state index >= 15 is 0 Å². The van der Waals surface area contributed by atoms with Crippen LogP contribution >= 0.6 is 0 Å². The fourth-order valence-corrected chi connectivity index (χ4v) is 4.84. The zero-order valence-electron chi connectivity index (χ0n) is 21.8. The van der Waals surface area contributed by atoms with Crippen LogP contribution in [0, 0.1) is 17.2 Å². The average molecular weight is 485 g/mol. The number of carbonyl (C=O) groups is 2. The summed E-state index contributed by atoms with van der Waals surface area (Å²) in [6.45, 7) is 10.6. The Morgan fingerprint density at radius 2 is 1.86 bits per heavy atom. The number of hydrogen-bond acceptors (Lipinski definition) is 4. The number of nitrogens with one attached hydrogen (secondary N) is 1. The maximum Gasteiger partial charge on any atom is 0.254 e. The summed E-state index contributed by atoms with van der Waals surface area (Å²) in [5.74, 6) is -0.160. The molecule has 2 aromatic heterocycles. The fraction of sp³-hybridized carbons (Fsp3) is 0.433. The monoisotopic (exact) mass is 484 g/mol. The van der Waals surface area contributed by atoms with Crippen LogP contribution in [0.15, 0.2) is 48.7 Å². The molecule has 1 aliphatic rings. The highest BCUT2D eigenvalue weighted by Gasteiger charge is 2.27. The first kappa shape index (κ1) is 25.7. The molecular weight excluding hydrogens is 448 g/mol. The maximum absolute atomic E-state index is 13.5. The van der Waals surface area contributed by atoms with Crippen LogP contribution in [0.3, 0.4) is 0 Å². The standard InChI is InChI=1S/C30H36N4O2/c1-5-23-17-26-18-25(29(36)33-15-12-22(19-31)20-33)13-16-34(26)27(23)28(35)24-10-8-21(9-11-24)7-6-14-32-30(2,3)4/h8-11,13,16-18,22,32H,5-7,12,14-15,20H2,1-4H3. The highest BCUT2D eigenvalue weighted by atomic mass is 16.2. The second-order valence-corrected chi connectivity index (χ2v) is 10.8. The topological polar surface area (TPSA) is 77.6 Å². The van der Waals surface area contributed by atoms with E-state index in [4.69, 9.17) is 5.26 Å². The lowest BCUT2D eigenvalue weighted by atomic mass is 10.0. The Morgan fingerprint density at radius 1 is 1.11 bits per heavy atom. The Kier molecular flexibility index (Phi) is 7.61. The summed E-state index contributed by atoms with van der Waals surface area (Å²) in [5.41, 5.74) is 5.05. The molecule has 1 saturated heterocycles. The van der Waals surface area contributed by atoms with Crippen LogP contribution in [0.5, 0.6) is 0 Å². The Labute approximate surface area is 213 Å². The van der Waals surface area contributed by atoms with E-state index in [9.17, 15) is 9.59 Å². The third-order valence-electron chi connectivity index (χ3n) is 6.87. The molecule has 0 radical (unpaired) electrons. The molecule has 1 aliphatic heterocycles. The SMILES string of the molecule is CCc1cc2cc(C(=O)N3CCC(C#N)C3)ccn2c1C(=O)c1ccc(CCCNC(C)(C)C)cc1. The summed E-state index contributed by atoms with van der Waals surface area (Å²) in [5, 5.41) is 12.7. The molecule has 1 fully saturated rings. The lowest BCUT2D eigenvalue weighted by molar-refractivity contribution is 0.0789. The Balaban J connectivity index is 1.51. The number of aryl methyl sites for hydroxylation is 2. The van der Waals surface area contributed by atoms with Crippen molar-refractivity contribution >= 4 is 17.2 Å². The summed E-state index contributed by atoms with van der Waals surface area (Å²) < 4.78 is 1.89. The first-order valence-electron chi connectivity index (χ1n) is 12.9. The molecule has 0 spiro atoms. The fourth-order valence-electron chi connectivity index (χ4n) is 4.84. The molecule has 0 aliphatic carbocycles. The first-order valence-corrected chi connectivity index (χ1v) is 12.9. The van der Waals surface area contributed by atoms with Crippen LogP contribution in [0.25, 0.3) is 5.52 Å². The van der Waals surface area contributed by atoms with Crippen LogP contribution in [0.2, 0.25) is 0 Å². The van der Waals surface area contributed by atoms with Crippen LogP contribution in [0.1, 0.15) is 78.1 Å². The molecule has 1 amide bonds. The summed E-state index contributed by atoms with van der Waals surface area (Å²) in [6, 6.07) is 15.8. The minimum Gasteiger partial charge on any atom is -0.337 e. The van der Waals surface area contributed by atoms with Crippen molar-refractivity contribution in [3.05, 3.63) is 76.6 Å². The Morgan fingerprint density at radius 3 is 2.50 bits per heavy atom. The molecular formula is C30H36N4O2. The van der Waals surface area contributed by atoms with E-state index in [0.717, 1.165) is 43.3 Å². The molecule has 0 saturated carbocycles. The number of carbonyl (C=O) groups excluding carboxylic acids is 2. The van der Waals surface area contributed by atoms with E-state index in [0.29, 0.717) is 29.9 Å². The third-order valence-corrected chi connectivity index (χ3v) is 6.87. The van der Waals surface area contributed by atoms with Gasteiger partial charge in [-0.1, -0.05) is 31.2 Å². The molecule has 1 unspecified atom stereocenters. The van der Waals surface area contributed by atoms with Gasteiger partial charge in [-0.3, -0.25) is 9.59 Å². The molecule has 1 atom stereocenters. The van der Waals surface area contributed by atoms with Gasteiger partial charge in [-0.05, 0) is 82.3 Å². The van der Waals surface area contributed by atoms with Crippen molar-refractivity contribution in [2.24, 2.45) is 5.92 Å². The van der Waals surface area contributed by atoms with Gasteiger partial charge in [0.25, 0.3) is 5.91 Å². The maximum atomic E-state index is 13.5. The number of nitrogens with zero attached hydrogens (tertiary/aromatic N) is 3. The van der Waals surface area contributed by atoms with E-state index in [2.05, 4.69) is 32.2 Å². The largest absolute Gasteiger partial charge is 0.337 e. The minimum atomic E-state index is -0.0894. The molecule has 1 N–H and O–H groups in total. The van der Waals surface area contributed by atoms with Gasteiger partial charge in [0, 0.05) is 41.5 Å². The van der Waals surface area contributed by atoms with Crippen LogP contribution in [-0.4, -0.2) is 46.2 Å². The van der Waals surface area contributed by atoms with Crippen molar-refractivity contribution in [3.63, 3.8) is 0 Å². The van der Waals surface area contributed by atoms with Crippen molar-refractivity contribution in [1.82, 2.24) is 14.6 Å². The second kappa shape index (κ2) is 10.7. The molecule has 1 aromatic carbocycles. The lowest BCUT2D eigenvalue weighted by Crippen LogP contribution is -2.36. The number of likely N-dealkylation sites (tertiary alicyclic amines) is 1. The van der Waals surface area contributed by atoms with Crippen molar-refractivity contribution in [3.8, 4) is 6.07 Å². The highest BCUT2D eigenvalue weighted by molar-refractivity contribution is 6.10. The van der Waals surface area contributed by atoms with Crippen molar-refractivity contribution in [2.75, 3.05) is 19.6 Å². The molecule has 36 heavy (non-hydrogen) atoms. The molecule has 188 valence electrons. The molecule has 3 aromatic rings. The average Bonchev–Trinajstić information content (AvgIpc) is 3.49. The normalized spacial score (nSPS) is 15.9. The van der Waals surface area contributed by atoms with Crippen molar-refractivity contribution in [1.29, 1.82) is 5.26 Å². The number of nitriles is 1. The Hall–Kier alpha value is -3.43. The molecule has 3 heterocycles.